The van der Waals surface area contributed by atoms with Gasteiger partial charge in [-0.15, -0.1) is 0 Å². The van der Waals surface area contributed by atoms with Gasteiger partial charge in [0.2, 0.25) is 0 Å². The molecule has 0 saturated heterocycles. The molecule has 0 saturated carbocycles. The topological polar surface area (TPSA) is 78.4 Å². The van der Waals surface area contributed by atoms with Crippen LogP contribution in [0.5, 0.6) is 0 Å². The normalized spacial score (nSPS) is 11.7. The number of benzene rings is 1. The molecule has 0 aromatic heterocycles. The predicted molar refractivity (Wildman–Crippen MR) is 69.8 cm³/mol. The lowest BCUT2D eigenvalue weighted by molar-refractivity contribution is -0.139. The quantitative estimate of drug-likeness (QED) is 0.767. The van der Waals surface area contributed by atoms with Gasteiger partial charge in [0.25, 0.3) is 0 Å². The van der Waals surface area contributed by atoms with E-state index < -0.39 is 18.0 Å². The van der Waals surface area contributed by atoms with Crippen molar-refractivity contribution in [1.29, 1.82) is 0 Å². The summed E-state index contributed by atoms with van der Waals surface area (Å²) < 4.78 is 0. The van der Waals surface area contributed by atoms with Crippen LogP contribution in [0.2, 0.25) is 0 Å². The summed E-state index contributed by atoms with van der Waals surface area (Å²) >= 11 is 0. The highest BCUT2D eigenvalue weighted by molar-refractivity contribution is 5.92. The molecule has 0 aliphatic heterocycles. The van der Waals surface area contributed by atoms with E-state index in [1.54, 1.807) is 6.92 Å². The molecular weight excluding hydrogens is 232 g/mol. The summed E-state index contributed by atoms with van der Waals surface area (Å²) in [6, 6.07) is 4.33. The molecule has 1 rings (SSSR count). The van der Waals surface area contributed by atoms with Gasteiger partial charge >= 0.3 is 12.0 Å². The fraction of sp³-hybridized carbons (Fsp3) is 0.385. The van der Waals surface area contributed by atoms with Gasteiger partial charge in [0.05, 0.1) is 0 Å². The Labute approximate surface area is 106 Å². The maximum atomic E-state index is 11.7. The Morgan fingerprint density at radius 2 is 2.00 bits per heavy atom. The van der Waals surface area contributed by atoms with Crippen LogP contribution in [0.1, 0.15) is 24.5 Å². The Balaban J connectivity index is 2.70. The third kappa shape index (κ3) is 3.76. The van der Waals surface area contributed by atoms with E-state index in [0.29, 0.717) is 12.1 Å². The number of carboxylic acids is 1. The zero-order chi connectivity index (χ0) is 13.7. The van der Waals surface area contributed by atoms with Gasteiger partial charge < -0.3 is 15.7 Å². The van der Waals surface area contributed by atoms with E-state index in [4.69, 9.17) is 5.11 Å². The van der Waals surface area contributed by atoms with E-state index in [2.05, 4.69) is 10.6 Å². The molecule has 0 spiro atoms. The smallest absolute Gasteiger partial charge is 0.326 e. The molecule has 5 heteroatoms. The molecule has 98 valence electrons. The molecule has 0 radical (unpaired) electrons. The number of amides is 2. The first-order valence-corrected chi connectivity index (χ1v) is 5.81. The first-order chi connectivity index (χ1) is 8.43. The second-order valence-electron chi connectivity index (χ2n) is 4.22. The first-order valence-electron chi connectivity index (χ1n) is 5.81. The zero-order valence-electron chi connectivity index (χ0n) is 10.8. The van der Waals surface area contributed by atoms with Crippen molar-refractivity contribution in [2.24, 2.45) is 0 Å². The molecule has 1 unspecified atom stereocenters. The van der Waals surface area contributed by atoms with Crippen LogP contribution in [0.25, 0.3) is 0 Å². The second kappa shape index (κ2) is 6.05. The summed E-state index contributed by atoms with van der Waals surface area (Å²) in [5.41, 5.74) is 2.65. The summed E-state index contributed by atoms with van der Waals surface area (Å²) in [6.07, 6.45) is 0.343. The lowest BCUT2D eigenvalue weighted by atomic mass is 10.1. The number of nitrogens with one attached hydrogen (secondary N) is 2. The number of anilines is 1. The van der Waals surface area contributed by atoms with Crippen molar-refractivity contribution in [2.45, 2.75) is 33.2 Å². The van der Waals surface area contributed by atoms with E-state index in [1.165, 1.54) is 0 Å². The van der Waals surface area contributed by atoms with Gasteiger partial charge in [-0.1, -0.05) is 19.1 Å². The van der Waals surface area contributed by atoms with E-state index in [0.717, 1.165) is 11.1 Å². The molecule has 1 atom stereocenters. The fourth-order valence-electron chi connectivity index (χ4n) is 1.53. The lowest BCUT2D eigenvalue weighted by Gasteiger charge is -2.14. The highest BCUT2D eigenvalue weighted by Crippen LogP contribution is 2.16. The van der Waals surface area contributed by atoms with Gasteiger partial charge in [-0.3, -0.25) is 0 Å². The Bertz CT molecular complexity index is 458. The number of carboxylic acid groups (broad SMARTS) is 1. The SMILES string of the molecule is CCC(NC(=O)Nc1cc(C)ccc1C)C(=O)O. The van der Waals surface area contributed by atoms with E-state index >= 15 is 0 Å². The largest absolute Gasteiger partial charge is 0.480 e. The monoisotopic (exact) mass is 250 g/mol. The number of aryl methyl sites for hydroxylation is 2. The van der Waals surface area contributed by atoms with E-state index in [-0.39, 0.29) is 0 Å². The highest BCUT2D eigenvalue weighted by atomic mass is 16.4. The van der Waals surface area contributed by atoms with Crippen molar-refractivity contribution in [3.8, 4) is 0 Å². The molecule has 3 N–H and O–H groups in total. The third-order valence-corrected chi connectivity index (χ3v) is 2.65. The van der Waals surface area contributed by atoms with Crippen LogP contribution in [-0.4, -0.2) is 23.1 Å². The van der Waals surface area contributed by atoms with Crippen molar-refractivity contribution in [3.63, 3.8) is 0 Å². The van der Waals surface area contributed by atoms with Gasteiger partial charge in [0.1, 0.15) is 6.04 Å². The number of rotatable bonds is 4. The number of urea groups is 1. The molecule has 2 amide bonds. The van der Waals surface area contributed by atoms with Crippen LogP contribution in [-0.2, 0) is 4.79 Å². The maximum Gasteiger partial charge on any atom is 0.326 e. The predicted octanol–water partition coefficient (Wildman–Crippen LogP) is 2.29. The molecule has 18 heavy (non-hydrogen) atoms. The van der Waals surface area contributed by atoms with Crippen LogP contribution in [0.15, 0.2) is 18.2 Å². The number of hydrogen-bond acceptors (Lipinski definition) is 2. The van der Waals surface area contributed by atoms with Crippen molar-refractivity contribution in [2.75, 3.05) is 5.32 Å². The average Bonchev–Trinajstić information content (AvgIpc) is 2.30. The minimum Gasteiger partial charge on any atom is -0.480 e. The Morgan fingerprint density at radius 1 is 1.33 bits per heavy atom. The minimum atomic E-state index is -1.03. The number of carbonyl (C=O) groups is 2. The molecule has 0 fully saturated rings. The summed E-state index contributed by atoms with van der Waals surface area (Å²) in [5, 5.41) is 13.9. The Kier molecular flexibility index (Phi) is 4.71. The molecular formula is C13H18N2O3. The van der Waals surface area contributed by atoms with E-state index in [1.807, 2.05) is 32.0 Å². The summed E-state index contributed by atoms with van der Waals surface area (Å²) in [6.45, 7) is 5.51. The minimum absolute atomic E-state index is 0.343. The molecule has 1 aromatic carbocycles. The Morgan fingerprint density at radius 3 is 2.56 bits per heavy atom. The average molecular weight is 250 g/mol. The molecule has 1 aromatic rings. The van der Waals surface area contributed by atoms with Crippen molar-refractivity contribution < 1.29 is 14.7 Å². The standard InChI is InChI=1S/C13H18N2O3/c1-4-10(12(16)17)14-13(18)15-11-7-8(2)5-6-9(11)3/h5-7,10H,4H2,1-3H3,(H,16,17)(H2,14,15,18). The van der Waals surface area contributed by atoms with Crippen LogP contribution in [0, 0.1) is 13.8 Å². The number of carbonyl (C=O) groups excluding carboxylic acids is 1. The van der Waals surface area contributed by atoms with Crippen LogP contribution in [0.3, 0.4) is 0 Å². The lowest BCUT2D eigenvalue weighted by Crippen LogP contribution is -2.42. The van der Waals surface area contributed by atoms with Gasteiger partial charge in [0.15, 0.2) is 0 Å². The third-order valence-electron chi connectivity index (χ3n) is 2.65. The molecule has 0 aliphatic carbocycles. The van der Waals surface area contributed by atoms with E-state index in [9.17, 15) is 9.59 Å². The molecule has 5 nitrogen and oxygen atoms in total. The van der Waals surface area contributed by atoms with Crippen molar-refractivity contribution >= 4 is 17.7 Å². The second-order valence-corrected chi connectivity index (χ2v) is 4.22. The van der Waals surface area contributed by atoms with Gasteiger partial charge in [-0.2, -0.15) is 0 Å². The highest BCUT2D eigenvalue weighted by Gasteiger charge is 2.17. The number of hydrogen-bond donors (Lipinski definition) is 3. The zero-order valence-corrected chi connectivity index (χ0v) is 10.8. The fourth-order valence-corrected chi connectivity index (χ4v) is 1.53. The van der Waals surface area contributed by atoms with Gasteiger partial charge in [0, 0.05) is 5.69 Å². The number of aliphatic carboxylic acids is 1. The molecule has 0 heterocycles. The van der Waals surface area contributed by atoms with Crippen molar-refractivity contribution in [1.82, 2.24) is 5.32 Å². The van der Waals surface area contributed by atoms with Crippen molar-refractivity contribution in [3.05, 3.63) is 29.3 Å². The first kappa shape index (κ1) is 14.0. The summed E-state index contributed by atoms with van der Waals surface area (Å²) in [5.74, 6) is -1.03. The van der Waals surface area contributed by atoms with Gasteiger partial charge in [-0.25, -0.2) is 9.59 Å². The van der Waals surface area contributed by atoms with Crippen LogP contribution >= 0.6 is 0 Å². The van der Waals surface area contributed by atoms with Gasteiger partial charge in [-0.05, 0) is 37.5 Å². The summed E-state index contributed by atoms with van der Waals surface area (Å²) in [7, 11) is 0. The molecule has 0 aliphatic rings. The van der Waals surface area contributed by atoms with Crippen LogP contribution in [0.4, 0.5) is 10.5 Å². The van der Waals surface area contributed by atoms with Crippen LogP contribution < -0.4 is 10.6 Å². The molecule has 0 bridgehead atoms. The Hall–Kier alpha value is -2.04. The summed E-state index contributed by atoms with van der Waals surface area (Å²) in [4.78, 5) is 22.5. The maximum absolute atomic E-state index is 11.7.